The van der Waals surface area contributed by atoms with Gasteiger partial charge in [0.25, 0.3) is 11.8 Å². The van der Waals surface area contributed by atoms with Gasteiger partial charge in [-0.3, -0.25) is 9.59 Å². The highest BCUT2D eigenvalue weighted by atomic mass is 127. The second kappa shape index (κ2) is 8.62. The summed E-state index contributed by atoms with van der Waals surface area (Å²) >= 11 is 2.12. The highest BCUT2D eigenvalue weighted by Crippen LogP contribution is 2.18. The number of amides is 2. The van der Waals surface area contributed by atoms with E-state index in [0.717, 1.165) is 9.13 Å². The van der Waals surface area contributed by atoms with E-state index in [9.17, 15) is 9.59 Å². The first-order valence-electron chi connectivity index (χ1n) is 8.12. The number of halogens is 1. The van der Waals surface area contributed by atoms with Crippen molar-refractivity contribution in [3.8, 4) is 0 Å². The molecule has 3 aromatic carbocycles. The summed E-state index contributed by atoms with van der Waals surface area (Å²) < 4.78 is 0.855. The Labute approximate surface area is 165 Å². The molecule has 26 heavy (non-hydrogen) atoms. The lowest BCUT2D eigenvalue weighted by molar-refractivity contribution is 0.0952. The van der Waals surface area contributed by atoms with Crippen molar-refractivity contribution >= 4 is 40.1 Å². The Morgan fingerprint density at radius 2 is 1.35 bits per heavy atom. The molecule has 0 saturated carbocycles. The number of nitrogens with one attached hydrogen (secondary N) is 2. The van der Waals surface area contributed by atoms with Gasteiger partial charge < -0.3 is 10.6 Å². The van der Waals surface area contributed by atoms with E-state index in [1.54, 1.807) is 30.3 Å². The molecule has 2 amide bonds. The van der Waals surface area contributed by atoms with E-state index in [-0.39, 0.29) is 11.8 Å². The molecule has 0 aliphatic rings. The van der Waals surface area contributed by atoms with Gasteiger partial charge in [0.1, 0.15) is 0 Å². The Morgan fingerprint density at radius 1 is 0.731 bits per heavy atom. The number of rotatable bonds is 5. The van der Waals surface area contributed by atoms with E-state index >= 15 is 0 Å². The van der Waals surface area contributed by atoms with Crippen LogP contribution < -0.4 is 10.6 Å². The second-order valence-electron chi connectivity index (χ2n) is 5.65. The monoisotopic (exact) mass is 456 g/mol. The largest absolute Gasteiger partial charge is 0.348 e. The molecule has 4 nitrogen and oxygen atoms in total. The molecule has 0 atom stereocenters. The fourth-order valence-electron chi connectivity index (χ4n) is 2.50. The molecule has 0 unspecified atom stereocenters. The van der Waals surface area contributed by atoms with Crippen LogP contribution >= 0.6 is 22.6 Å². The third-order valence-corrected chi connectivity index (χ3v) is 4.77. The summed E-state index contributed by atoms with van der Waals surface area (Å²) in [6.45, 7) is 0.429. The molecule has 0 aromatic heterocycles. The fraction of sp³-hybridized carbons (Fsp3) is 0.0476. The SMILES string of the molecule is O=C(Nc1ccccc1C(=O)NCc1ccccc1)c1ccccc1I. The molecular weight excluding hydrogens is 439 g/mol. The van der Waals surface area contributed by atoms with E-state index in [2.05, 4.69) is 33.2 Å². The first-order valence-corrected chi connectivity index (χ1v) is 9.20. The zero-order chi connectivity index (χ0) is 18.4. The number of carbonyl (C=O) groups excluding carboxylic acids is 2. The second-order valence-corrected chi connectivity index (χ2v) is 6.81. The van der Waals surface area contributed by atoms with Crippen LogP contribution in [0.15, 0.2) is 78.9 Å². The summed E-state index contributed by atoms with van der Waals surface area (Å²) in [6, 6.07) is 24.0. The van der Waals surface area contributed by atoms with Crippen molar-refractivity contribution in [2.24, 2.45) is 0 Å². The standard InChI is InChI=1S/C21H17IN2O2/c22-18-12-6-4-10-16(18)21(26)24-19-13-7-5-11-17(19)20(25)23-14-15-8-2-1-3-9-15/h1-13H,14H2,(H,23,25)(H,24,26). The lowest BCUT2D eigenvalue weighted by Crippen LogP contribution is -2.25. The maximum absolute atomic E-state index is 12.6. The average Bonchev–Trinajstić information content (AvgIpc) is 2.67. The maximum atomic E-state index is 12.6. The molecule has 0 fully saturated rings. The normalized spacial score (nSPS) is 10.2. The van der Waals surface area contributed by atoms with Crippen molar-refractivity contribution in [3.05, 3.63) is 99.1 Å². The zero-order valence-corrected chi connectivity index (χ0v) is 16.1. The van der Waals surface area contributed by atoms with Crippen LogP contribution in [-0.4, -0.2) is 11.8 Å². The first kappa shape index (κ1) is 18.1. The van der Waals surface area contributed by atoms with E-state index in [1.165, 1.54) is 0 Å². The summed E-state index contributed by atoms with van der Waals surface area (Å²) in [6.07, 6.45) is 0. The minimum absolute atomic E-state index is 0.229. The summed E-state index contributed by atoms with van der Waals surface area (Å²) in [4.78, 5) is 25.1. The predicted octanol–water partition coefficient (Wildman–Crippen LogP) is 4.47. The molecule has 0 radical (unpaired) electrons. The van der Waals surface area contributed by atoms with Crippen molar-refractivity contribution in [1.29, 1.82) is 0 Å². The number of anilines is 1. The molecular formula is C21H17IN2O2. The Bertz CT molecular complexity index is 926. The Balaban J connectivity index is 1.74. The Morgan fingerprint density at radius 3 is 2.08 bits per heavy atom. The summed E-state index contributed by atoms with van der Waals surface area (Å²) in [5.41, 5.74) is 2.51. The van der Waals surface area contributed by atoms with Gasteiger partial charge in [0.05, 0.1) is 16.8 Å². The molecule has 0 spiro atoms. The maximum Gasteiger partial charge on any atom is 0.256 e. The van der Waals surface area contributed by atoms with E-state index in [0.29, 0.717) is 23.4 Å². The molecule has 0 saturated heterocycles. The number of hydrogen-bond donors (Lipinski definition) is 2. The van der Waals surface area contributed by atoms with Crippen LogP contribution in [0.5, 0.6) is 0 Å². The van der Waals surface area contributed by atoms with Gasteiger partial charge in [-0.25, -0.2) is 0 Å². The van der Waals surface area contributed by atoms with Gasteiger partial charge in [-0.15, -0.1) is 0 Å². The Kier molecular flexibility index (Phi) is 6.01. The van der Waals surface area contributed by atoms with Gasteiger partial charge in [-0.05, 0) is 52.4 Å². The smallest absolute Gasteiger partial charge is 0.256 e. The third kappa shape index (κ3) is 4.49. The van der Waals surface area contributed by atoms with Crippen molar-refractivity contribution in [1.82, 2.24) is 5.32 Å². The fourth-order valence-corrected chi connectivity index (χ4v) is 3.13. The average molecular weight is 456 g/mol. The molecule has 5 heteroatoms. The summed E-state index contributed by atoms with van der Waals surface area (Å²) in [5.74, 6) is -0.467. The van der Waals surface area contributed by atoms with Crippen LogP contribution in [0.1, 0.15) is 26.3 Å². The van der Waals surface area contributed by atoms with Crippen LogP contribution in [0.2, 0.25) is 0 Å². The summed E-state index contributed by atoms with van der Waals surface area (Å²) in [7, 11) is 0. The van der Waals surface area contributed by atoms with Crippen LogP contribution in [0, 0.1) is 3.57 Å². The number of benzene rings is 3. The molecule has 3 rings (SSSR count). The zero-order valence-electron chi connectivity index (χ0n) is 13.9. The van der Waals surface area contributed by atoms with Crippen LogP contribution in [0.4, 0.5) is 5.69 Å². The minimum Gasteiger partial charge on any atom is -0.348 e. The van der Waals surface area contributed by atoms with Crippen molar-refractivity contribution in [3.63, 3.8) is 0 Å². The summed E-state index contributed by atoms with van der Waals surface area (Å²) in [5, 5.41) is 5.73. The lowest BCUT2D eigenvalue weighted by Gasteiger charge is -2.12. The van der Waals surface area contributed by atoms with E-state index < -0.39 is 0 Å². The minimum atomic E-state index is -0.238. The topological polar surface area (TPSA) is 58.2 Å². The van der Waals surface area contributed by atoms with Gasteiger partial charge in [-0.1, -0.05) is 54.6 Å². The van der Waals surface area contributed by atoms with Gasteiger partial charge in [0, 0.05) is 10.1 Å². The van der Waals surface area contributed by atoms with Gasteiger partial charge >= 0.3 is 0 Å². The van der Waals surface area contributed by atoms with Crippen molar-refractivity contribution in [2.75, 3.05) is 5.32 Å². The van der Waals surface area contributed by atoms with Crippen molar-refractivity contribution in [2.45, 2.75) is 6.54 Å². The molecule has 0 heterocycles. The first-order chi connectivity index (χ1) is 12.6. The number of carbonyl (C=O) groups is 2. The molecule has 2 N–H and O–H groups in total. The Hall–Kier alpha value is -2.67. The highest BCUT2D eigenvalue weighted by molar-refractivity contribution is 14.1. The van der Waals surface area contributed by atoms with Crippen molar-refractivity contribution < 1.29 is 9.59 Å². The van der Waals surface area contributed by atoms with Gasteiger partial charge in [0.2, 0.25) is 0 Å². The van der Waals surface area contributed by atoms with Crippen LogP contribution in [0.3, 0.4) is 0 Å². The molecule has 0 aliphatic carbocycles. The van der Waals surface area contributed by atoms with E-state index in [4.69, 9.17) is 0 Å². The van der Waals surface area contributed by atoms with Crippen LogP contribution in [-0.2, 0) is 6.54 Å². The molecule has 0 aliphatic heterocycles. The predicted molar refractivity (Wildman–Crippen MR) is 111 cm³/mol. The third-order valence-electron chi connectivity index (χ3n) is 3.83. The molecule has 130 valence electrons. The van der Waals surface area contributed by atoms with Gasteiger partial charge in [-0.2, -0.15) is 0 Å². The highest BCUT2D eigenvalue weighted by Gasteiger charge is 2.15. The lowest BCUT2D eigenvalue weighted by atomic mass is 10.1. The van der Waals surface area contributed by atoms with Gasteiger partial charge in [0.15, 0.2) is 0 Å². The number of hydrogen-bond acceptors (Lipinski definition) is 2. The quantitative estimate of drug-likeness (QED) is 0.557. The van der Waals surface area contributed by atoms with E-state index in [1.807, 2.05) is 48.5 Å². The number of para-hydroxylation sites is 1. The molecule has 3 aromatic rings. The van der Waals surface area contributed by atoms with Crippen LogP contribution in [0.25, 0.3) is 0 Å². The molecule has 0 bridgehead atoms.